The third-order valence-corrected chi connectivity index (χ3v) is 8.21. The van der Waals surface area contributed by atoms with Crippen molar-refractivity contribution < 1.29 is 23.8 Å². The average molecular weight is 607 g/mol. The second-order valence-corrected chi connectivity index (χ2v) is 11.4. The lowest BCUT2D eigenvalue weighted by Gasteiger charge is -2.17. The summed E-state index contributed by atoms with van der Waals surface area (Å²) in [5.74, 6) is -1.93. The zero-order valence-electron chi connectivity index (χ0n) is 22.9. The number of hydrogen-bond acceptors (Lipinski definition) is 5. The number of ketones is 1. The maximum absolute atomic E-state index is 15.7. The smallest absolute Gasteiger partial charge is 0.331 e. The van der Waals surface area contributed by atoms with E-state index in [4.69, 9.17) is 33.0 Å². The Balaban J connectivity index is 1.77. The van der Waals surface area contributed by atoms with Crippen LogP contribution in [0, 0.1) is 5.82 Å². The number of unbranched alkanes of at least 4 members (excludes halogenated alkanes) is 6. The van der Waals surface area contributed by atoms with Crippen LogP contribution in [0.5, 0.6) is 0 Å². The molecule has 1 N–H and O–H groups in total. The Kier molecular flexibility index (Phi) is 12.3. The van der Waals surface area contributed by atoms with E-state index < -0.39 is 17.6 Å². The first kappa shape index (κ1) is 31.9. The van der Waals surface area contributed by atoms with Crippen molar-refractivity contribution in [2.24, 2.45) is 0 Å². The van der Waals surface area contributed by atoms with Crippen molar-refractivity contribution in [2.45, 2.75) is 71.3 Å². The molecule has 0 radical (unpaired) electrons. The van der Waals surface area contributed by atoms with Gasteiger partial charge < -0.3 is 9.84 Å². The highest BCUT2D eigenvalue weighted by Gasteiger charge is 2.22. The van der Waals surface area contributed by atoms with E-state index in [-0.39, 0.29) is 32.3 Å². The van der Waals surface area contributed by atoms with E-state index in [9.17, 15) is 9.59 Å². The normalized spacial score (nSPS) is 12.5. The fraction of sp³-hybridized carbons (Fsp3) is 0.387. The number of carbonyl (C=O) groups excluding carboxylic acids is 1. The number of benzene rings is 2. The summed E-state index contributed by atoms with van der Waals surface area (Å²) < 4.78 is 21.3. The van der Waals surface area contributed by atoms with Gasteiger partial charge in [-0.05, 0) is 37.6 Å². The van der Waals surface area contributed by atoms with Gasteiger partial charge in [-0.3, -0.25) is 4.79 Å². The molecule has 1 unspecified atom stereocenters. The van der Waals surface area contributed by atoms with Crippen molar-refractivity contribution in [3.8, 4) is 11.3 Å². The van der Waals surface area contributed by atoms with E-state index in [1.54, 1.807) is 30.7 Å². The lowest BCUT2D eigenvalue weighted by atomic mass is 9.98. The zero-order chi connectivity index (χ0) is 29.2. The Bertz CT molecular complexity index is 1350. The van der Waals surface area contributed by atoms with Gasteiger partial charge in [0.2, 0.25) is 5.78 Å². The predicted molar refractivity (Wildman–Crippen MR) is 161 cm³/mol. The highest BCUT2D eigenvalue weighted by atomic mass is 35.5. The number of nitrogens with zero attached hydrogens (tertiary/aromatic N) is 1. The van der Waals surface area contributed by atoms with Crippen LogP contribution >= 0.6 is 34.5 Å². The lowest BCUT2D eigenvalue weighted by molar-refractivity contribution is -0.132. The SMILES string of the molecule is CCCCCCCCCC(OC)c1cccc(-c2csc(C(=O)c3cc(Cl)c(/C=C(\C)C(=O)O)c(Cl)c3)n2)c1F. The van der Waals surface area contributed by atoms with E-state index in [1.807, 2.05) is 0 Å². The summed E-state index contributed by atoms with van der Waals surface area (Å²) in [6.07, 6.45) is 9.90. The van der Waals surface area contributed by atoms with Crippen molar-refractivity contribution >= 4 is 52.4 Å². The Morgan fingerprint density at radius 3 is 2.38 bits per heavy atom. The Morgan fingerprint density at radius 2 is 1.75 bits per heavy atom. The average Bonchev–Trinajstić information content (AvgIpc) is 3.42. The van der Waals surface area contributed by atoms with Gasteiger partial charge in [0, 0.05) is 40.3 Å². The molecule has 0 fully saturated rings. The molecule has 0 spiro atoms. The molecule has 1 atom stereocenters. The fourth-order valence-electron chi connectivity index (χ4n) is 4.44. The molecule has 0 amide bonds. The zero-order valence-corrected chi connectivity index (χ0v) is 25.3. The van der Waals surface area contributed by atoms with Crippen molar-refractivity contribution in [3.63, 3.8) is 0 Å². The molecule has 3 aromatic rings. The van der Waals surface area contributed by atoms with Gasteiger partial charge in [0.1, 0.15) is 5.82 Å². The highest BCUT2D eigenvalue weighted by Crippen LogP contribution is 2.34. The number of hydrogen-bond donors (Lipinski definition) is 1. The van der Waals surface area contributed by atoms with Gasteiger partial charge in [-0.25, -0.2) is 14.2 Å². The number of methoxy groups -OCH3 is 1. The van der Waals surface area contributed by atoms with Crippen LogP contribution in [-0.2, 0) is 9.53 Å². The quantitative estimate of drug-likeness (QED) is 0.106. The number of rotatable bonds is 15. The van der Waals surface area contributed by atoms with Crippen LogP contribution < -0.4 is 0 Å². The van der Waals surface area contributed by atoms with Gasteiger partial charge in [0.25, 0.3) is 0 Å². The van der Waals surface area contributed by atoms with Crippen LogP contribution in [0.2, 0.25) is 10.0 Å². The van der Waals surface area contributed by atoms with Crippen LogP contribution in [-0.4, -0.2) is 29.0 Å². The summed E-state index contributed by atoms with van der Waals surface area (Å²) in [5, 5.41) is 11.2. The van der Waals surface area contributed by atoms with E-state index in [2.05, 4.69) is 11.9 Å². The molecule has 2 aromatic carbocycles. The Labute approximate surface area is 249 Å². The fourth-order valence-corrected chi connectivity index (χ4v) is 5.82. The Morgan fingerprint density at radius 1 is 1.10 bits per heavy atom. The maximum Gasteiger partial charge on any atom is 0.331 e. The first-order valence-electron chi connectivity index (χ1n) is 13.4. The summed E-state index contributed by atoms with van der Waals surface area (Å²) in [6, 6.07) is 8.00. The number of carboxylic acids is 1. The van der Waals surface area contributed by atoms with Crippen molar-refractivity contribution in [2.75, 3.05) is 7.11 Å². The topological polar surface area (TPSA) is 76.5 Å². The van der Waals surface area contributed by atoms with Gasteiger partial charge in [0.05, 0.1) is 21.8 Å². The van der Waals surface area contributed by atoms with Crippen LogP contribution in [0.1, 0.15) is 97.8 Å². The summed E-state index contributed by atoms with van der Waals surface area (Å²) in [6.45, 7) is 3.62. The largest absolute Gasteiger partial charge is 0.478 e. The minimum Gasteiger partial charge on any atom is -0.478 e. The van der Waals surface area contributed by atoms with Gasteiger partial charge in [-0.2, -0.15) is 0 Å². The number of thiazole rings is 1. The molecule has 1 aromatic heterocycles. The number of aliphatic carboxylic acids is 1. The predicted octanol–water partition coefficient (Wildman–Crippen LogP) is 9.80. The molecule has 0 aliphatic carbocycles. The summed E-state index contributed by atoms with van der Waals surface area (Å²) >= 11 is 13.7. The lowest BCUT2D eigenvalue weighted by Crippen LogP contribution is -2.06. The van der Waals surface area contributed by atoms with Crippen LogP contribution in [0.25, 0.3) is 17.3 Å². The standard InChI is InChI=1S/C31H34Cl2FNO4S/c1-4-5-6-7-8-9-10-14-27(39-3)22-13-11-12-21(28(22)34)26-18-40-30(35-26)29(36)20-16-24(32)23(25(33)17-20)15-19(2)31(37)38/h11-13,15-18,27H,4-10,14H2,1-3H3,(H,37,38)/b19-15+. The minimum atomic E-state index is -1.10. The molecule has 214 valence electrons. The first-order chi connectivity index (χ1) is 19.2. The summed E-state index contributed by atoms with van der Waals surface area (Å²) in [4.78, 5) is 28.8. The molecular formula is C31H34Cl2FNO4S. The second kappa shape index (κ2) is 15.4. The van der Waals surface area contributed by atoms with Crippen LogP contribution in [0.4, 0.5) is 4.39 Å². The van der Waals surface area contributed by atoms with E-state index >= 15 is 4.39 Å². The monoisotopic (exact) mass is 605 g/mol. The number of halogens is 3. The van der Waals surface area contributed by atoms with Gasteiger partial charge in [0.15, 0.2) is 5.01 Å². The molecule has 0 aliphatic heterocycles. The molecule has 0 aliphatic rings. The summed E-state index contributed by atoms with van der Waals surface area (Å²) in [5.41, 5.74) is 1.69. The molecule has 0 saturated heterocycles. The molecule has 0 saturated carbocycles. The minimum absolute atomic E-state index is 0.0508. The first-order valence-corrected chi connectivity index (χ1v) is 15.0. The van der Waals surface area contributed by atoms with E-state index in [0.29, 0.717) is 22.4 Å². The van der Waals surface area contributed by atoms with Crippen molar-refractivity contribution in [1.29, 1.82) is 0 Å². The third kappa shape index (κ3) is 8.23. The molecule has 40 heavy (non-hydrogen) atoms. The molecule has 9 heteroatoms. The molecule has 5 nitrogen and oxygen atoms in total. The van der Waals surface area contributed by atoms with Gasteiger partial charge >= 0.3 is 5.97 Å². The maximum atomic E-state index is 15.7. The third-order valence-electron chi connectivity index (χ3n) is 6.74. The second-order valence-electron chi connectivity index (χ2n) is 9.70. The van der Waals surface area contributed by atoms with E-state index in [1.165, 1.54) is 57.2 Å². The van der Waals surface area contributed by atoms with Crippen molar-refractivity contribution in [3.05, 3.63) is 78.8 Å². The molecule has 0 bridgehead atoms. The van der Waals surface area contributed by atoms with Crippen LogP contribution in [0.3, 0.4) is 0 Å². The number of carboxylic acid groups (broad SMARTS) is 1. The van der Waals surface area contributed by atoms with Gasteiger partial charge in [-0.15, -0.1) is 11.3 Å². The Hall–Kier alpha value is -2.58. The number of carbonyl (C=O) groups is 2. The van der Waals surface area contributed by atoms with Crippen molar-refractivity contribution in [1.82, 2.24) is 4.98 Å². The number of aromatic nitrogens is 1. The summed E-state index contributed by atoms with van der Waals surface area (Å²) in [7, 11) is 1.60. The molecule has 1 heterocycles. The molecule has 3 rings (SSSR count). The van der Waals surface area contributed by atoms with E-state index in [0.717, 1.165) is 30.6 Å². The van der Waals surface area contributed by atoms with Crippen LogP contribution in [0.15, 0.2) is 41.3 Å². The highest BCUT2D eigenvalue weighted by molar-refractivity contribution is 7.12. The number of ether oxygens (including phenoxy) is 1. The van der Waals surface area contributed by atoms with Gasteiger partial charge in [-0.1, -0.05) is 87.2 Å². The molecular weight excluding hydrogens is 572 g/mol.